The molecule has 1 rings (SSSR count). The molecule has 1 amide bonds. The van der Waals surface area contributed by atoms with Gasteiger partial charge in [-0.1, -0.05) is 5.92 Å². The molecular weight excluding hydrogens is 182 g/mol. The van der Waals surface area contributed by atoms with E-state index in [1.165, 1.54) is 4.88 Å². The highest BCUT2D eigenvalue weighted by Gasteiger charge is 2.03. The van der Waals surface area contributed by atoms with E-state index in [4.69, 9.17) is 6.42 Å². The maximum absolute atomic E-state index is 11.2. The molecule has 0 bridgehead atoms. The normalized spacial score (nSPS) is 9.23. The molecule has 0 unspecified atom stereocenters. The lowest BCUT2D eigenvalue weighted by Crippen LogP contribution is -2.24. The fourth-order valence-corrected chi connectivity index (χ4v) is 1.84. The van der Waals surface area contributed by atoms with Crippen LogP contribution < -0.4 is 5.32 Å². The summed E-state index contributed by atoms with van der Waals surface area (Å²) in [4.78, 5) is 13.5. The molecule has 0 saturated heterocycles. The molecule has 1 aromatic rings. The van der Waals surface area contributed by atoms with Crippen LogP contribution in [0.15, 0.2) is 12.1 Å². The van der Waals surface area contributed by atoms with E-state index in [0.29, 0.717) is 13.0 Å². The summed E-state index contributed by atoms with van der Waals surface area (Å²) in [5.74, 6) is 2.35. The van der Waals surface area contributed by atoms with Crippen molar-refractivity contribution >= 4 is 17.2 Å². The Morgan fingerprint density at radius 3 is 3.00 bits per heavy atom. The van der Waals surface area contributed by atoms with Gasteiger partial charge in [0.25, 0.3) is 0 Å². The first-order valence-electron chi connectivity index (χ1n) is 3.98. The van der Waals surface area contributed by atoms with Crippen LogP contribution in [0.5, 0.6) is 0 Å². The maximum Gasteiger partial charge on any atom is 0.226 e. The predicted octanol–water partition coefficient (Wildman–Crippen LogP) is 1.35. The number of terminal acetylenes is 1. The summed E-state index contributed by atoms with van der Waals surface area (Å²) >= 11 is 1.64. The summed E-state index contributed by atoms with van der Waals surface area (Å²) in [6, 6.07) is 3.98. The van der Waals surface area contributed by atoms with Gasteiger partial charge in [0.2, 0.25) is 5.91 Å². The summed E-state index contributed by atoms with van der Waals surface area (Å²) in [6.45, 7) is 2.33. The maximum atomic E-state index is 11.2. The molecule has 0 spiro atoms. The van der Waals surface area contributed by atoms with Crippen LogP contribution in [-0.4, -0.2) is 12.5 Å². The molecule has 0 saturated carbocycles. The largest absolute Gasteiger partial charge is 0.345 e. The van der Waals surface area contributed by atoms with Gasteiger partial charge in [0.15, 0.2) is 0 Å². The Balaban J connectivity index is 2.41. The highest BCUT2D eigenvalue weighted by Crippen LogP contribution is 2.15. The van der Waals surface area contributed by atoms with Crippen LogP contribution in [0.1, 0.15) is 9.75 Å². The van der Waals surface area contributed by atoms with Crippen LogP contribution in [0.25, 0.3) is 0 Å². The lowest BCUT2D eigenvalue weighted by atomic mass is 10.3. The van der Waals surface area contributed by atoms with Crippen molar-refractivity contribution in [3.05, 3.63) is 21.9 Å². The van der Waals surface area contributed by atoms with E-state index in [1.807, 2.05) is 19.1 Å². The van der Waals surface area contributed by atoms with Crippen molar-refractivity contribution in [2.45, 2.75) is 13.3 Å². The molecule has 0 radical (unpaired) electrons. The Morgan fingerprint density at radius 2 is 2.46 bits per heavy atom. The topological polar surface area (TPSA) is 29.1 Å². The van der Waals surface area contributed by atoms with Crippen molar-refractivity contribution in [2.75, 3.05) is 6.54 Å². The molecule has 3 heteroatoms. The van der Waals surface area contributed by atoms with Crippen molar-refractivity contribution in [3.63, 3.8) is 0 Å². The van der Waals surface area contributed by atoms with Crippen molar-refractivity contribution in [1.29, 1.82) is 0 Å². The van der Waals surface area contributed by atoms with E-state index in [-0.39, 0.29) is 5.91 Å². The monoisotopic (exact) mass is 193 g/mol. The van der Waals surface area contributed by atoms with E-state index in [9.17, 15) is 4.79 Å². The summed E-state index contributed by atoms with van der Waals surface area (Å²) < 4.78 is 0. The second kappa shape index (κ2) is 4.68. The average Bonchev–Trinajstić information content (AvgIpc) is 2.48. The molecule has 0 aromatic carbocycles. The van der Waals surface area contributed by atoms with E-state index in [1.54, 1.807) is 11.3 Å². The summed E-state index contributed by atoms with van der Waals surface area (Å²) in [5.41, 5.74) is 0. The second-order valence-corrected chi connectivity index (χ2v) is 4.04. The van der Waals surface area contributed by atoms with Gasteiger partial charge >= 0.3 is 0 Å². The molecule has 0 aliphatic carbocycles. The van der Waals surface area contributed by atoms with Gasteiger partial charge in [-0.2, -0.15) is 0 Å². The molecule has 1 heterocycles. The smallest absolute Gasteiger partial charge is 0.226 e. The molecule has 1 N–H and O–H groups in total. The minimum atomic E-state index is -0.0141. The van der Waals surface area contributed by atoms with Gasteiger partial charge in [-0.25, -0.2) is 0 Å². The lowest BCUT2D eigenvalue weighted by Gasteiger charge is -1.97. The number of carbonyl (C=O) groups excluding carboxylic acids is 1. The zero-order chi connectivity index (χ0) is 9.68. The van der Waals surface area contributed by atoms with Gasteiger partial charge in [0, 0.05) is 9.75 Å². The number of carbonyl (C=O) groups is 1. The Labute approximate surface area is 82.0 Å². The Morgan fingerprint density at radius 1 is 1.69 bits per heavy atom. The number of rotatable bonds is 3. The van der Waals surface area contributed by atoms with Gasteiger partial charge in [-0.3, -0.25) is 4.79 Å². The first-order chi connectivity index (χ1) is 6.22. The first kappa shape index (κ1) is 9.82. The first-order valence-corrected chi connectivity index (χ1v) is 4.79. The van der Waals surface area contributed by atoms with E-state index >= 15 is 0 Å². The molecule has 13 heavy (non-hydrogen) atoms. The van der Waals surface area contributed by atoms with Gasteiger partial charge in [-0.05, 0) is 19.1 Å². The quantitative estimate of drug-likeness (QED) is 0.721. The predicted molar refractivity (Wildman–Crippen MR) is 54.6 cm³/mol. The standard InChI is InChI=1S/C10H11NOS/c1-3-6-11-10(12)7-9-5-4-8(2)13-9/h1,4-5H,6-7H2,2H3,(H,11,12). The number of thiophene rings is 1. The van der Waals surface area contributed by atoms with E-state index < -0.39 is 0 Å². The third-order valence-corrected chi connectivity index (χ3v) is 2.52. The number of aryl methyl sites for hydroxylation is 1. The van der Waals surface area contributed by atoms with Gasteiger partial charge in [0.1, 0.15) is 0 Å². The van der Waals surface area contributed by atoms with Crippen LogP contribution in [0, 0.1) is 19.3 Å². The second-order valence-electron chi connectivity index (χ2n) is 2.67. The van der Waals surface area contributed by atoms with Crippen molar-refractivity contribution in [3.8, 4) is 12.3 Å². The van der Waals surface area contributed by atoms with Gasteiger partial charge in [0.05, 0.1) is 13.0 Å². The highest BCUT2D eigenvalue weighted by atomic mass is 32.1. The molecule has 0 aliphatic heterocycles. The Hall–Kier alpha value is -1.27. The van der Waals surface area contributed by atoms with Crippen molar-refractivity contribution in [2.24, 2.45) is 0 Å². The third kappa shape index (κ3) is 3.30. The summed E-state index contributed by atoms with van der Waals surface area (Å²) in [5, 5.41) is 2.62. The van der Waals surface area contributed by atoms with Gasteiger partial charge < -0.3 is 5.32 Å². The van der Waals surface area contributed by atoms with Crippen LogP contribution in [-0.2, 0) is 11.2 Å². The fraction of sp³-hybridized carbons (Fsp3) is 0.300. The molecule has 2 nitrogen and oxygen atoms in total. The van der Waals surface area contributed by atoms with Crippen molar-refractivity contribution in [1.82, 2.24) is 5.32 Å². The number of nitrogens with one attached hydrogen (secondary N) is 1. The van der Waals surface area contributed by atoms with Crippen LogP contribution in [0.4, 0.5) is 0 Å². The van der Waals surface area contributed by atoms with E-state index in [0.717, 1.165) is 4.88 Å². The van der Waals surface area contributed by atoms with Crippen molar-refractivity contribution < 1.29 is 4.79 Å². The average molecular weight is 193 g/mol. The Kier molecular flexibility index (Phi) is 3.53. The SMILES string of the molecule is C#CCNC(=O)Cc1ccc(C)s1. The molecule has 0 aliphatic rings. The summed E-state index contributed by atoms with van der Waals surface area (Å²) in [6.07, 6.45) is 5.44. The highest BCUT2D eigenvalue weighted by molar-refractivity contribution is 7.12. The molecule has 0 fully saturated rings. The number of hydrogen-bond donors (Lipinski definition) is 1. The summed E-state index contributed by atoms with van der Waals surface area (Å²) in [7, 11) is 0. The third-order valence-electron chi connectivity index (χ3n) is 1.52. The zero-order valence-corrected chi connectivity index (χ0v) is 8.28. The minimum absolute atomic E-state index is 0.0141. The molecular formula is C10H11NOS. The molecule has 68 valence electrons. The fourth-order valence-electron chi connectivity index (χ4n) is 0.950. The minimum Gasteiger partial charge on any atom is -0.345 e. The molecule has 0 atom stereocenters. The van der Waals surface area contributed by atoms with Gasteiger partial charge in [-0.15, -0.1) is 17.8 Å². The lowest BCUT2D eigenvalue weighted by molar-refractivity contribution is -0.120. The number of amides is 1. The van der Waals surface area contributed by atoms with Crippen LogP contribution in [0.3, 0.4) is 0 Å². The number of hydrogen-bond acceptors (Lipinski definition) is 2. The molecule has 1 aromatic heterocycles. The Bertz CT molecular complexity index is 335. The van der Waals surface area contributed by atoms with Crippen LogP contribution >= 0.6 is 11.3 Å². The zero-order valence-electron chi connectivity index (χ0n) is 7.46. The van der Waals surface area contributed by atoms with Crippen LogP contribution in [0.2, 0.25) is 0 Å². The van der Waals surface area contributed by atoms with E-state index in [2.05, 4.69) is 11.2 Å².